The minimum atomic E-state index is -0.344. The van der Waals surface area contributed by atoms with Gasteiger partial charge in [-0.3, -0.25) is 4.79 Å². The van der Waals surface area contributed by atoms with Crippen LogP contribution in [0.3, 0.4) is 0 Å². The van der Waals surface area contributed by atoms with Gasteiger partial charge in [-0.15, -0.1) is 0 Å². The van der Waals surface area contributed by atoms with Gasteiger partial charge in [0.2, 0.25) is 5.91 Å². The Labute approximate surface area is 117 Å². The number of carbonyl (C=O) groups excluding carboxylic acids is 1. The van der Waals surface area contributed by atoms with Gasteiger partial charge in [-0.25, -0.2) is 4.39 Å². The minimum absolute atomic E-state index is 0.0207. The number of thioether (sulfide) groups is 1. The van der Waals surface area contributed by atoms with Crippen LogP contribution in [0, 0.1) is 5.82 Å². The first kappa shape index (κ1) is 14.3. The van der Waals surface area contributed by atoms with E-state index in [1.165, 1.54) is 11.0 Å². The van der Waals surface area contributed by atoms with E-state index >= 15 is 0 Å². The standard InChI is InChI=1S/C14H19FN2OS/c1-2-17(13-6-4-3-5-12(13)15)14(18)9-11-10-19-8-7-16-11/h3-6,11,16H,2,7-10H2,1H3. The number of benzene rings is 1. The Morgan fingerprint density at radius 3 is 2.95 bits per heavy atom. The quantitative estimate of drug-likeness (QED) is 0.919. The second-order valence-electron chi connectivity index (χ2n) is 4.52. The molecule has 0 saturated carbocycles. The van der Waals surface area contributed by atoms with Crippen LogP contribution in [0.1, 0.15) is 13.3 Å². The van der Waals surface area contributed by atoms with Crippen LogP contribution in [0.4, 0.5) is 10.1 Å². The summed E-state index contributed by atoms with van der Waals surface area (Å²) in [5, 5.41) is 3.33. The molecule has 1 atom stereocenters. The number of rotatable bonds is 4. The van der Waals surface area contributed by atoms with Crippen molar-refractivity contribution >= 4 is 23.4 Å². The van der Waals surface area contributed by atoms with Gasteiger partial charge in [-0.1, -0.05) is 12.1 Å². The van der Waals surface area contributed by atoms with E-state index in [0.29, 0.717) is 18.7 Å². The molecule has 5 heteroatoms. The van der Waals surface area contributed by atoms with Crippen molar-refractivity contribution in [3.63, 3.8) is 0 Å². The zero-order valence-corrected chi connectivity index (χ0v) is 11.9. The van der Waals surface area contributed by atoms with E-state index in [1.807, 2.05) is 18.7 Å². The van der Waals surface area contributed by atoms with Crippen molar-refractivity contribution in [2.45, 2.75) is 19.4 Å². The lowest BCUT2D eigenvalue weighted by molar-refractivity contribution is -0.119. The average Bonchev–Trinajstić information content (AvgIpc) is 2.43. The Bertz CT molecular complexity index is 435. The van der Waals surface area contributed by atoms with Gasteiger partial charge < -0.3 is 10.2 Å². The Balaban J connectivity index is 2.04. The molecule has 2 rings (SSSR count). The summed E-state index contributed by atoms with van der Waals surface area (Å²) >= 11 is 1.86. The first-order valence-electron chi connectivity index (χ1n) is 6.58. The molecule has 1 heterocycles. The molecule has 1 saturated heterocycles. The molecule has 0 spiro atoms. The van der Waals surface area contributed by atoms with E-state index in [-0.39, 0.29) is 17.8 Å². The van der Waals surface area contributed by atoms with Gasteiger partial charge in [0.25, 0.3) is 0 Å². The number of halogens is 1. The fourth-order valence-electron chi connectivity index (χ4n) is 2.22. The van der Waals surface area contributed by atoms with Crippen molar-refractivity contribution in [2.24, 2.45) is 0 Å². The maximum Gasteiger partial charge on any atom is 0.228 e. The molecule has 1 fully saturated rings. The lowest BCUT2D eigenvalue weighted by atomic mass is 10.2. The van der Waals surface area contributed by atoms with Gasteiger partial charge >= 0.3 is 0 Å². The topological polar surface area (TPSA) is 32.3 Å². The van der Waals surface area contributed by atoms with E-state index in [4.69, 9.17) is 0 Å². The van der Waals surface area contributed by atoms with Crippen LogP contribution in [-0.4, -0.2) is 36.5 Å². The SMILES string of the molecule is CCN(C(=O)CC1CSCCN1)c1ccccc1F. The maximum atomic E-state index is 13.8. The summed E-state index contributed by atoms with van der Waals surface area (Å²) < 4.78 is 13.8. The number of anilines is 1. The van der Waals surface area contributed by atoms with Crippen LogP contribution in [0.15, 0.2) is 24.3 Å². The van der Waals surface area contributed by atoms with Gasteiger partial charge in [0.1, 0.15) is 5.82 Å². The van der Waals surface area contributed by atoms with Crippen LogP contribution in [0.5, 0.6) is 0 Å². The Morgan fingerprint density at radius 2 is 2.32 bits per heavy atom. The lowest BCUT2D eigenvalue weighted by Gasteiger charge is -2.27. The minimum Gasteiger partial charge on any atom is -0.312 e. The van der Waals surface area contributed by atoms with Gasteiger partial charge in [0, 0.05) is 37.1 Å². The summed E-state index contributed by atoms with van der Waals surface area (Å²) in [5.74, 6) is 1.67. The summed E-state index contributed by atoms with van der Waals surface area (Å²) in [6.45, 7) is 3.29. The largest absolute Gasteiger partial charge is 0.312 e. The molecule has 1 N–H and O–H groups in total. The monoisotopic (exact) mass is 282 g/mol. The van der Waals surface area contributed by atoms with Crippen molar-refractivity contribution in [1.29, 1.82) is 0 Å². The third kappa shape index (κ3) is 3.70. The van der Waals surface area contributed by atoms with Crippen molar-refractivity contribution in [2.75, 3.05) is 29.5 Å². The highest BCUT2D eigenvalue weighted by atomic mass is 32.2. The van der Waals surface area contributed by atoms with E-state index in [9.17, 15) is 9.18 Å². The predicted octanol–water partition coefficient (Wildman–Crippen LogP) is 2.27. The van der Waals surface area contributed by atoms with Gasteiger partial charge in [-0.2, -0.15) is 11.8 Å². The number of carbonyl (C=O) groups is 1. The highest BCUT2D eigenvalue weighted by Gasteiger charge is 2.22. The summed E-state index contributed by atoms with van der Waals surface area (Å²) in [7, 11) is 0. The molecule has 0 bridgehead atoms. The van der Waals surface area contributed by atoms with Crippen LogP contribution in [0.25, 0.3) is 0 Å². The van der Waals surface area contributed by atoms with Crippen LogP contribution in [0.2, 0.25) is 0 Å². The fourth-order valence-corrected chi connectivity index (χ4v) is 3.17. The smallest absolute Gasteiger partial charge is 0.228 e. The zero-order valence-electron chi connectivity index (χ0n) is 11.1. The molecule has 19 heavy (non-hydrogen) atoms. The second-order valence-corrected chi connectivity index (χ2v) is 5.67. The number of nitrogens with one attached hydrogen (secondary N) is 1. The number of amides is 1. The summed E-state index contributed by atoms with van der Waals surface area (Å²) in [6, 6.07) is 6.63. The van der Waals surface area contributed by atoms with Crippen molar-refractivity contribution < 1.29 is 9.18 Å². The van der Waals surface area contributed by atoms with Crippen LogP contribution in [-0.2, 0) is 4.79 Å². The second kappa shape index (κ2) is 6.91. The maximum absolute atomic E-state index is 13.8. The molecule has 1 unspecified atom stereocenters. The first-order valence-corrected chi connectivity index (χ1v) is 7.74. The van der Waals surface area contributed by atoms with Crippen molar-refractivity contribution in [1.82, 2.24) is 5.32 Å². The van der Waals surface area contributed by atoms with E-state index < -0.39 is 0 Å². The van der Waals surface area contributed by atoms with Crippen LogP contribution >= 0.6 is 11.8 Å². The number of nitrogens with zero attached hydrogens (tertiary/aromatic N) is 1. The molecule has 1 aromatic rings. The summed E-state index contributed by atoms with van der Waals surface area (Å²) in [5.41, 5.74) is 0.374. The molecule has 1 aromatic carbocycles. The highest BCUT2D eigenvalue weighted by molar-refractivity contribution is 7.99. The molecule has 1 aliphatic rings. The highest BCUT2D eigenvalue weighted by Crippen LogP contribution is 2.20. The molecular formula is C14H19FN2OS. The lowest BCUT2D eigenvalue weighted by Crippen LogP contribution is -2.42. The van der Waals surface area contributed by atoms with Gasteiger partial charge in [0.05, 0.1) is 5.69 Å². The fraction of sp³-hybridized carbons (Fsp3) is 0.500. The summed E-state index contributed by atoms with van der Waals surface area (Å²) in [4.78, 5) is 13.8. The average molecular weight is 282 g/mol. The Morgan fingerprint density at radius 1 is 1.53 bits per heavy atom. The third-order valence-electron chi connectivity index (χ3n) is 3.18. The normalized spacial score (nSPS) is 19.2. The van der Waals surface area contributed by atoms with Gasteiger partial charge in [0.15, 0.2) is 0 Å². The molecular weight excluding hydrogens is 263 g/mol. The molecule has 0 aromatic heterocycles. The van der Waals surface area contributed by atoms with Crippen LogP contribution < -0.4 is 10.2 Å². The Hall–Kier alpha value is -1.07. The molecule has 0 radical (unpaired) electrons. The molecule has 3 nitrogen and oxygen atoms in total. The number of para-hydroxylation sites is 1. The van der Waals surface area contributed by atoms with E-state index in [1.54, 1.807) is 18.2 Å². The molecule has 1 aliphatic heterocycles. The van der Waals surface area contributed by atoms with E-state index in [2.05, 4.69) is 5.32 Å². The summed E-state index contributed by atoms with van der Waals surface area (Å²) in [6.07, 6.45) is 0.426. The zero-order chi connectivity index (χ0) is 13.7. The molecule has 1 amide bonds. The predicted molar refractivity (Wildman–Crippen MR) is 78.2 cm³/mol. The molecule has 104 valence electrons. The first-order chi connectivity index (χ1) is 9.22. The van der Waals surface area contributed by atoms with Crippen molar-refractivity contribution in [3.8, 4) is 0 Å². The number of hydrogen-bond acceptors (Lipinski definition) is 3. The van der Waals surface area contributed by atoms with Gasteiger partial charge in [-0.05, 0) is 19.1 Å². The molecule has 0 aliphatic carbocycles. The Kier molecular flexibility index (Phi) is 5.22. The third-order valence-corrected chi connectivity index (χ3v) is 4.31. The van der Waals surface area contributed by atoms with Crippen molar-refractivity contribution in [3.05, 3.63) is 30.1 Å². The van der Waals surface area contributed by atoms with E-state index in [0.717, 1.165) is 18.1 Å². The number of hydrogen-bond donors (Lipinski definition) is 1.